The lowest BCUT2D eigenvalue weighted by molar-refractivity contribution is -0.0385. The minimum atomic E-state index is 0.0133. The maximum atomic E-state index is 12.4. The van der Waals surface area contributed by atoms with E-state index < -0.39 is 0 Å². The van der Waals surface area contributed by atoms with Crippen LogP contribution in [0.15, 0.2) is 0 Å². The van der Waals surface area contributed by atoms with Crippen LogP contribution in [-0.2, 0) is 4.74 Å². The maximum absolute atomic E-state index is 12.4. The number of hydrogen-bond donors (Lipinski definition) is 1. The summed E-state index contributed by atoms with van der Waals surface area (Å²) < 4.78 is 5.51. The molecule has 2 heterocycles. The number of anilines is 1. The van der Waals surface area contributed by atoms with Gasteiger partial charge in [0.05, 0.1) is 24.4 Å². The highest BCUT2D eigenvalue weighted by molar-refractivity contribution is 7.17. The van der Waals surface area contributed by atoms with E-state index in [0.29, 0.717) is 28.9 Å². The van der Waals surface area contributed by atoms with Gasteiger partial charge in [0, 0.05) is 6.54 Å². The molecule has 0 aliphatic carbocycles. The fourth-order valence-corrected chi connectivity index (χ4v) is 2.72. The number of rotatable bonds is 1. The Bertz CT molecular complexity index is 432. The minimum Gasteiger partial charge on any atom is -0.375 e. The van der Waals surface area contributed by atoms with Crippen molar-refractivity contribution in [2.24, 2.45) is 0 Å². The quantitative estimate of drug-likeness (QED) is 0.821. The predicted molar refractivity (Wildman–Crippen MR) is 67.2 cm³/mol. The SMILES string of the molecule is Cc1nc(N)sc1C(=O)N1CC(C)OCC1C. The molecule has 0 saturated carbocycles. The summed E-state index contributed by atoms with van der Waals surface area (Å²) in [5.41, 5.74) is 6.33. The van der Waals surface area contributed by atoms with E-state index in [1.54, 1.807) is 0 Å². The number of ether oxygens (including phenoxy) is 1. The molecule has 1 aliphatic rings. The first kappa shape index (κ1) is 12.3. The first-order chi connectivity index (χ1) is 7.99. The van der Waals surface area contributed by atoms with Crippen LogP contribution in [0.2, 0.25) is 0 Å². The molecule has 0 spiro atoms. The molecule has 1 amide bonds. The number of aryl methyl sites for hydroxylation is 1. The molecular formula is C11H17N3O2S. The van der Waals surface area contributed by atoms with Crippen LogP contribution in [0.1, 0.15) is 29.2 Å². The molecule has 1 aliphatic heterocycles. The normalized spacial score (nSPS) is 25.0. The topological polar surface area (TPSA) is 68.5 Å². The van der Waals surface area contributed by atoms with Crippen molar-refractivity contribution in [3.05, 3.63) is 10.6 Å². The molecular weight excluding hydrogens is 238 g/mol. The summed E-state index contributed by atoms with van der Waals surface area (Å²) in [6.45, 7) is 6.98. The fraction of sp³-hybridized carbons (Fsp3) is 0.636. The molecule has 2 rings (SSSR count). The fourth-order valence-electron chi connectivity index (χ4n) is 1.93. The summed E-state index contributed by atoms with van der Waals surface area (Å²) in [6.07, 6.45) is 0.0840. The number of nitrogen functional groups attached to an aromatic ring is 1. The summed E-state index contributed by atoms with van der Waals surface area (Å²) in [5.74, 6) is 0.0133. The third-order valence-electron chi connectivity index (χ3n) is 2.88. The summed E-state index contributed by atoms with van der Waals surface area (Å²) in [4.78, 5) is 18.9. The molecule has 2 unspecified atom stereocenters. The number of hydrogen-bond acceptors (Lipinski definition) is 5. The Morgan fingerprint density at radius 2 is 2.29 bits per heavy atom. The van der Waals surface area contributed by atoms with Crippen LogP contribution < -0.4 is 5.73 Å². The second kappa shape index (κ2) is 4.62. The number of thiazole rings is 1. The molecule has 17 heavy (non-hydrogen) atoms. The van der Waals surface area contributed by atoms with Crippen LogP contribution in [0, 0.1) is 6.92 Å². The Labute approximate surface area is 105 Å². The Kier molecular flexibility index (Phi) is 3.35. The molecule has 1 aromatic rings. The van der Waals surface area contributed by atoms with Gasteiger partial charge in [-0.2, -0.15) is 0 Å². The first-order valence-electron chi connectivity index (χ1n) is 5.64. The zero-order chi connectivity index (χ0) is 12.6. The number of amides is 1. The number of morpholine rings is 1. The molecule has 6 heteroatoms. The Balaban J connectivity index is 2.21. The lowest BCUT2D eigenvalue weighted by Crippen LogP contribution is -2.50. The summed E-state index contributed by atoms with van der Waals surface area (Å²) in [7, 11) is 0. The minimum absolute atomic E-state index is 0.0133. The van der Waals surface area contributed by atoms with Gasteiger partial charge in [-0.15, -0.1) is 0 Å². The van der Waals surface area contributed by atoms with Crippen LogP contribution in [0.4, 0.5) is 5.13 Å². The lowest BCUT2D eigenvalue weighted by atomic mass is 10.2. The van der Waals surface area contributed by atoms with Gasteiger partial charge in [-0.1, -0.05) is 11.3 Å². The predicted octanol–water partition coefficient (Wildman–Crippen LogP) is 1.28. The third kappa shape index (κ3) is 2.42. The number of carbonyl (C=O) groups excluding carboxylic acids is 1. The summed E-state index contributed by atoms with van der Waals surface area (Å²) in [6, 6.07) is 0.0985. The van der Waals surface area contributed by atoms with Crippen LogP contribution in [0.25, 0.3) is 0 Å². The highest BCUT2D eigenvalue weighted by atomic mass is 32.1. The molecule has 0 aromatic carbocycles. The van der Waals surface area contributed by atoms with Crippen molar-refractivity contribution in [3.8, 4) is 0 Å². The standard InChI is InChI=1S/C11H17N3O2S/c1-6-5-16-7(2)4-14(6)10(15)9-8(3)13-11(12)17-9/h6-7H,4-5H2,1-3H3,(H2,12,13). The van der Waals surface area contributed by atoms with Crippen molar-refractivity contribution < 1.29 is 9.53 Å². The highest BCUT2D eigenvalue weighted by Crippen LogP contribution is 2.24. The molecule has 2 atom stereocenters. The Morgan fingerprint density at radius 1 is 1.59 bits per heavy atom. The number of nitrogens with zero attached hydrogens (tertiary/aromatic N) is 2. The van der Waals surface area contributed by atoms with Gasteiger partial charge in [-0.3, -0.25) is 4.79 Å². The van der Waals surface area contributed by atoms with Crippen molar-refractivity contribution in [2.45, 2.75) is 32.9 Å². The molecule has 0 radical (unpaired) electrons. The van der Waals surface area contributed by atoms with E-state index in [9.17, 15) is 4.79 Å². The van der Waals surface area contributed by atoms with Crippen molar-refractivity contribution in [3.63, 3.8) is 0 Å². The van der Waals surface area contributed by atoms with E-state index in [-0.39, 0.29) is 18.1 Å². The van der Waals surface area contributed by atoms with Gasteiger partial charge in [0.1, 0.15) is 4.88 Å². The van der Waals surface area contributed by atoms with Crippen molar-refractivity contribution >= 4 is 22.4 Å². The Hall–Kier alpha value is -1.14. The van der Waals surface area contributed by atoms with E-state index in [1.165, 1.54) is 11.3 Å². The average Bonchev–Trinajstić information content (AvgIpc) is 2.60. The largest absolute Gasteiger partial charge is 0.375 e. The second-order valence-electron chi connectivity index (χ2n) is 4.42. The smallest absolute Gasteiger partial charge is 0.266 e. The molecule has 1 aromatic heterocycles. The van der Waals surface area contributed by atoms with Gasteiger partial charge in [0.15, 0.2) is 5.13 Å². The molecule has 1 saturated heterocycles. The first-order valence-corrected chi connectivity index (χ1v) is 6.46. The van der Waals surface area contributed by atoms with E-state index in [2.05, 4.69) is 4.98 Å². The van der Waals surface area contributed by atoms with Crippen molar-refractivity contribution in [1.29, 1.82) is 0 Å². The lowest BCUT2D eigenvalue weighted by Gasteiger charge is -2.36. The zero-order valence-corrected chi connectivity index (χ0v) is 11.1. The third-order valence-corrected chi connectivity index (χ3v) is 3.85. The Morgan fingerprint density at radius 3 is 2.88 bits per heavy atom. The molecule has 1 fully saturated rings. The van der Waals surface area contributed by atoms with Gasteiger partial charge in [0.2, 0.25) is 0 Å². The van der Waals surface area contributed by atoms with Crippen LogP contribution in [-0.4, -0.2) is 41.1 Å². The highest BCUT2D eigenvalue weighted by Gasteiger charge is 2.30. The van der Waals surface area contributed by atoms with Gasteiger partial charge in [-0.05, 0) is 20.8 Å². The monoisotopic (exact) mass is 255 g/mol. The van der Waals surface area contributed by atoms with Gasteiger partial charge < -0.3 is 15.4 Å². The number of aromatic nitrogens is 1. The summed E-state index contributed by atoms with van der Waals surface area (Å²) >= 11 is 1.25. The maximum Gasteiger partial charge on any atom is 0.266 e. The average molecular weight is 255 g/mol. The van der Waals surface area contributed by atoms with E-state index in [1.807, 2.05) is 25.7 Å². The van der Waals surface area contributed by atoms with Crippen molar-refractivity contribution in [1.82, 2.24) is 9.88 Å². The van der Waals surface area contributed by atoms with Crippen molar-refractivity contribution in [2.75, 3.05) is 18.9 Å². The molecule has 94 valence electrons. The van der Waals surface area contributed by atoms with Crippen LogP contribution in [0.3, 0.4) is 0 Å². The number of carbonyl (C=O) groups is 1. The summed E-state index contributed by atoms with van der Waals surface area (Å²) in [5, 5.41) is 0.444. The van der Waals surface area contributed by atoms with Gasteiger partial charge in [-0.25, -0.2) is 4.98 Å². The van der Waals surface area contributed by atoms with E-state index in [4.69, 9.17) is 10.5 Å². The molecule has 5 nitrogen and oxygen atoms in total. The molecule has 0 bridgehead atoms. The van der Waals surface area contributed by atoms with E-state index in [0.717, 1.165) is 0 Å². The van der Waals surface area contributed by atoms with Gasteiger partial charge >= 0.3 is 0 Å². The van der Waals surface area contributed by atoms with Crippen LogP contribution >= 0.6 is 11.3 Å². The zero-order valence-electron chi connectivity index (χ0n) is 10.3. The van der Waals surface area contributed by atoms with Crippen LogP contribution in [0.5, 0.6) is 0 Å². The molecule has 2 N–H and O–H groups in total. The number of nitrogens with two attached hydrogens (primary N) is 1. The van der Waals surface area contributed by atoms with Gasteiger partial charge in [0.25, 0.3) is 5.91 Å². The second-order valence-corrected chi connectivity index (χ2v) is 5.45. The van der Waals surface area contributed by atoms with E-state index >= 15 is 0 Å².